The summed E-state index contributed by atoms with van der Waals surface area (Å²) < 4.78 is 12.8. The SMILES string of the molecule is CC(C)C(NC(=O)c1ccc(F)cc1Cl)C(=O)O. The third-order valence-corrected chi connectivity index (χ3v) is 2.71. The molecule has 0 aromatic heterocycles. The molecule has 0 spiro atoms. The Morgan fingerprint density at radius 1 is 1.39 bits per heavy atom. The fourth-order valence-corrected chi connectivity index (χ4v) is 1.66. The summed E-state index contributed by atoms with van der Waals surface area (Å²) in [5.41, 5.74) is 0.0463. The Morgan fingerprint density at radius 2 is 2.00 bits per heavy atom. The second kappa shape index (κ2) is 5.82. The molecule has 0 heterocycles. The van der Waals surface area contributed by atoms with Crippen molar-refractivity contribution in [3.8, 4) is 0 Å². The molecule has 1 aromatic rings. The summed E-state index contributed by atoms with van der Waals surface area (Å²) in [6.45, 7) is 3.34. The maximum Gasteiger partial charge on any atom is 0.326 e. The zero-order valence-electron chi connectivity index (χ0n) is 9.91. The highest BCUT2D eigenvalue weighted by Crippen LogP contribution is 2.17. The van der Waals surface area contributed by atoms with Gasteiger partial charge in [-0.15, -0.1) is 0 Å². The molecule has 1 atom stereocenters. The van der Waals surface area contributed by atoms with Gasteiger partial charge >= 0.3 is 5.97 Å². The molecule has 6 heteroatoms. The molecule has 0 saturated carbocycles. The number of rotatable bonds is 4. The van der Waals surface area contributed by atoms with Crippen LogP contribution in [0.5, 0.6) is 0 Å². The third-order valence-electron chi connectivity index (χ3n) is 2.40. The summed E-state index contributed by atoms with van der Waals surface area (Å²) >= 11 is 5.72. The fourth-order valence-electron chi connectivity index (χ4n) is 1.41. The summed E-state index contributed by atoms with van der Waals surface area (Å²) in [6.07, 6.45) is 0. The average Bonchev–Trinajstić information content (AvgIpc) is 2.24. The van der Waals surface area contributed by atoms with Gasteiger partial charge in [-0.1, -0.05) is 25.4 Å². The molecule has 0 saturated heterocycles. The smallest absolute Gasteiger partial charge is 0.326 e. The van der Waals surface area contributed by atoms with Crippen molar-refractivity contribution in [1.82, 2.24) is 5.32 Å². The second-order valence-electron chi connectivity index (χ2n) is 4.16. The van der Waals surface area contributed by atoms with Gasteiger partial charge in [0, 0.05) is 0 Å². The maximum atomic E-state index is 12.8. The number of carbonyl (C=O) groups is 2. The summed E-state index contributed by atoms with van der Waals surface area (Å²) in [7, 11) is 0. The van der Waals surface area contributed by atoms with Crippen LogP contribution in [0.4, 0.5) is 4.39 Å². The van der Waals surface area contributed by atoms with E-state index in [9.17, 15) is 14.0 Å². The Kier molecular flexibility index (Phi) is 4.67. The van der Waals surface area contributed by atoms with E-state index in [2.05, 4.69) is 5.32 Å². The fraction of sp³-hybridized carbons (Fsp3) is 0.333. The summed E-state index contributed by atoms with van der Waals surface area (Å²) in [4.78, 5) is 22.8. The number of amides is 1. The van der Waals surface area contributed by atoms with Crippen LogP contribution in [0.2, 0.25) is 5.02 Å². The van der Waals surface area contributed by atoms with E-state index in [4.69, 9.17) is 16.7 Å². The molecule has 0 aliphatic carbocycles. The second-order valence-corrected chi connectivity index (χ2v) is 4.56. The van der Waals surface area contributed by atoms with Crippen LogP contribution in [0.1, 0.15) is 24.2 Å². The standard InChI is InChI=1S/C12H13ClFNO3/c1-6(2)10(12(17)18)15-11(16)8-4-3-7(14)5-9(8)13/h3-6,10H,1-2H3,(H,15,16)(H,17,18). The van der Waals surface area contributed by atoms with E-state index in [-0.39, 0.29) is 16.5 Å². The van der Waals surface area contributed by atoms with E-state index in [0.29, 0.717) is 0 Å². The van der Waals surface area contributed by atoms with Crippen molar-refractivity contribution in [1.29, 1.82) is 0 Å². The third kappa shape index (κ3) is 3.43. The first kappa shape index (κ1) is 14.4. The number of carbonyl (C=O) groups excluding carboxylic acids is 1. The first-order valence-corrected chi connectivity index (χ1v) is 5.69. The normalized spacial score (nSPS) is 12.3. The first-order chi connectivity index (χ1) is 8.32. The highest BCUT2D eigenvalue weighted by Gasteiger charge is 2.24. The number of hydrogen-bond acceptors (Lipinski definition) is 2. The quantitative estimate of drug-likeness (QED) is 0.885. The predicted octanol–water partition coefficient (Wildman–Crippen LogP) is 2.32. The minimum Gasteiger partial charge on any atom is -0.480 e. The van der Waals surface area contributed by atoms with Crippen molar-refractivity contribution in [2.24, 2.45) is 5.92 Å². The molecule has 1 aromatic carbocycles. The number of aliphatic carboxylic acids is 1. The van der Waals surface area contributed by atoms with Gasteiger partial charge in [-0.25, -0.2) is 9.18 Å². The molecular formula is C12H13ClFNO3. The lowest BCUT2D eigenvalue weighted by atomic mass is 10.0. The van der Waals surface area contributed by atoms with E-state index in [0.717, 1.165) is 12.1 Å². The van der Waals surface area contributed by atoms with Crippen LogP contribution in [-0.2, 0) is 4.79 Å². The van der Waals surface area contributed by atoms with Crippen LogP contribution in [0.15, 0.2) is 18.2 Å². The predicted molar refractivity (Wildman–Crippen MR) is 65.1 cm³/mol. The molecule has 1 rings (SSSR count). The number of nitrogens with one attached hydrogen (secondary N) is 1. The number of carboxylic acids is 1. The van der Waals surface area contributed by atoms with Crippen molar-refractivity contribution in [3.63, 3.8) is 0 Å². The highest BCUT2D eigenvalue weighted by molar-refractivity contribution is 6.33. The summed E-state index contributed by atoms with van der Waals surface area (Å²) in [6, 6.07) is 2.29. The van der Waals surface area contributed by atoms with Gasteiger partial charge in [-0.3, -0.25) is 4.79 Å². The lowest BCUT2D eigenvalue weighted by molar-refractivity contribution is -0.140. The topological polar surface area (TPSA) is 66.4 Å². The van der Waals surface area contributed by atoms with Gasteiger partial charge in [0.2, 0.25) is 0 Å². The lowest BCUT2D eigenvalue weighted by Gasteiger charge is -2.18. The van der Waals surface area contributed by atoms with Gasteiger partial charge < -0.3 is 10.4 Å². The molecule has 0 aliphatic heterocycles. The van der Waals surface area contributed by atoms with Gasteiger partial charge in [0.25, 0.3) is 5.91 Å². The van der Waals surface area contributed by atoms with Gasteiger partial charge in [-0.2, -0.15) is 0 Å². The van der Waals surface area contributed by atoms with Gasteiger partial charge in [-0.05, 0) is 24.1 Å². The van der Waals surface area contributed by atoms with Crippen LogP contribution >= 0.6 is 11.6 Å². The van der Waals surface area contributed by atoms with E-state index >= 15 is 0 Å². The van der Waals surface area contributed by atoms with Gasteiger partial charge in [0.15, 0.2) is 0 Å². The van der Waals surface area contributed by atoms with Crippen LogP contribution in [0.25, 0.3) is 0 Å². The molecule has 0 aliphatic rings. The zero-order valence-corrected chi connectivity index (χ0v) is 10.7. The lowest BCUT2D eigenvalue weighted by Crippen LogP contribution is -2.44. The Hall–Kier alpha value is -1.62. The van der Waals surface area contributed by atoms with Crippen LogP contribution in [0, 0.1) is 11.7 Å². The molecule has 18 heavy (non-hydrogen) atoms. The molecule has 0 radical (unpaired) electrons. The van der Waals surface area contributed by atoms with Crippen LogP contribution < -0.4 is 5.32 Å². The Bertz CT molecular complexity index is 476. The van der Waals surface area contributed by atoms with Gasteiger partial charge in [0.1, 0.15) is 11.9 Å². The van der Waals surface area contributed by atoms with Crippen LogP contribution in [0.3, 0.4) is 0 Å². The Labute approximate surface area is 109 Å². The van der Waals surface area contributed by atoms with Gasteiger partial charge in [0.05, 0.1) is 10.6 Å². The number of carboxylic acid groups (broad SMARTS) is 1. The Balaban J connectivity index is 2.91. The minimum atomic E-state index is -1.13. The monoisotopic (exact) mass is 273 g/mol. The van der Waals surface area contributed by atoms with Crippen molar-refractivity contribution >= 4 is 23.5 Å². The number of hydrogen-bond donors (Lipinski definition) is 2. The first-order valence-electron chi connectivity index (χ1n) is 5.31. The van der Waals surface area contributed by atoms with Crippen LogP contribution in [-0.4, -0.2) is 23.0 Å². The van der Waals surface area contributed by atoms with Crippen molar-refractivity contribution in [2.75, 3.05) is 0 Å². The molecular weight excluding hydrogens is 261 g/mol. The molecule has 0 fully saturated rings. The molecule has 1 unspecified atom stereocenters. The minimum absolute atomic E-state index is 0.0463. The largest absolute Gasteiger partial charge is 0.480 e. The average molecular weight is 274 g/mol. The number of halogens is 2. The molecule has 4 nitrogen and oxygen atoms in total. The van der Waals surface area contributed by atoms with E-state index < -0.39 is 23.7 Å². The molecule has 0 bridgehead atoms. The number of benzene rings is 1. The van der Waals surface area contributed by atoms with Crippen molar-refractivity contribution in [3.05, 3.63) is 34.6 Å². The van der Waals surface area contributed by atoms with E-state index in [1.807, 2.05) is 0 Å². The molecule has 2 N–H and O–H groups in total. The summed E-state index contributed by atoms with van der Waals surface area (Å²) in [5, 5.41) is 11.2. The summed E-state index contributed by atoms with van der Waals surface area (Å²) in [5.74, 6) is -2.60. The maximum absolute atomic E-state index is 12.8. The Morgan fingerprint density at radius 3 is 2.44 bits per heavy atom. The highest BCUT2D eigenvalue weighted by atomic mass is 35.5. The zero-order chi connectivity index (χ0) is 13.9. The van der Waals surface area contributed by atoms with E-state index in [1.54, 1.807) is 13.8 Å². The molecule has 98 valence electrons. The van der Waals surface area contributed by atoms with E-state index in [1.165, 1.54) is 6.07 Å². The van der Waals surface area contributed by atoms with Crippen molar-refractivity contribution in [2.45, 2.75) is 19.9 Å². The molecule has 1 amide bonds. The van der Waals surface area contributed by atoms with Crippen molar-refractivity contribution < 1.29 is 19.1 Å².